The fourth-order valence-corrected chi connectivity index (χ4v) is 4.97. The van der Waals surface area contributed by atoms with Gasteiger partial charge in [-0.05, 0) is 55.0 Å². The minimum absolute atomic E-state index is 0.233. The van der Waals surface area contributed by atoms with Crippen LogP contribution >= 0.6 is 27.3 Å². The van der Waals surface area contributed by atoms with Crippen molar-refractivity contribution >= 4 is 38.2 Å². The molecule has 1 amide bonds. The molecule has 1 atom stereocenters. The number of carbonyl (C=O) groups excluding carboxylic acids is 1. The SMILES string of the molecule is C[C@H]1CCc2c(sc(NC(=O)c3ccc(-c4ccc(Br)cc4)o3)c2C#N)C1. The lowest BCUT2D eigenvalue weighted by atomic mass is 9.89. The molecule has 0 bridgehead atoms. The maximum absolute atomic E-state index is 12.6. The fourth-order valence-electron chi connectivity index (χ4n) is 3.35. The molecule has 3 aromatic rings. The zero-order chi connectivity index (χ0) is 19.0. The first-order chi connectivity index (χ1) is 13.0. The predicted molar refractivity (Wildman–Crippen MR) is 110 cm³/mol. The van der Waals surface area contributed by atoms with Crippen LogP contribution in [-0.4, -0.2) is 5.91 Å². The molecule has 4 nitrogen and oxygen atoms in total. The first-order valence-electron chi connectivity index (χ1n) is 8.77. The molecule has 0 saturated heterocycles. The van der Waals surface area contributed by atoms with Gasteiger partial charge in [-0.3, -0.25) is 4.79 Å². The Kier molecular flexibility index (Phi) is 4.90. The van der Waals surface area contributed by atoms with E-state index in [2.05, 4.69) is 34.2 Å². The third-order valence-corrected chi connectivity index (χ3v) is 6.51. The Morgan fingerprint density at radius 1 is 1.30 bits per heavy atom. The van der Waals surface area contributed by atoms with Crippen LogP contribution in [-0.2, 0) is 12.8 Å². The largest absolute Gasteiger partial charge is 0.451 e. The van der Waals surface area contributed by atoms with Crippen LogP contribution in [0.5, 0.6) is 0 Å². The number of nitrogens with one attached hydrogen (secondary N) is 1. The Labute approximate surface area is 170 Å². The topological polar surface area (TPSA) is 66.0 Å². The van der Waals surface area contributed by atoms with E-state index in [1.165, 1.54) is 16.2 Å². The van der Waals surface area contributed by atoms with Gasteiger partial charge in [-0.1, -0.05) is 35.0 Å². The number of fused-ring (bicyclic) bond motifs is 1. The molecular weight excluding hydrogens is 424 g/mol. The van der Waals surface area contributed by atoms with Gasteiger partial charge in [-0.25, -0.2) is 0 Å². The van der Waals surface area contributed by atoms with Crippen molar-refractivity contribution in [1.82, 2.24) is 0 Å². The molecule has 27 heavy (non-hydrogen) atoms. The highest BCUT2D eigenvalue weighted by Gasteiger charge is 2.25. The van der Waals surface area contributed by atoms with E-state index in [0.717, 1.165) is 34.9 Å². The predicted octanol–water partition coefficient (Wildman–Crippen LogP) is 6.02. The van der Waals surface area contributed by atoms with Crippen LogP contribution < -0.4 is 5.32 Å². The van der Waals surface area contributed by atoms with Gasteiger partial charge < -0.3 is 9.73 Å². The molecule has 1 N–H and O–H groups in total. The van der Waals surface area contributed by atoms with Crippen LogP contribution in [0.15, 0.2) is 45.3 Å². The van der Waals surface area contributed by atoms with Crippen molar-refractivity contribution in [3.05, 3.63) is 62.6 Å². The Balaban J connectivity index is 1.57. The van der Waals surface area contributed by atoms with Gasteiger partial charge in [0.25, 0.3) is 5.91 Å². The number of nitrogens with zero attached hydrogens (tertiary/aromatic N) is 1. The number of hydrogen-bond acceptors (Lipinski definition) is 4. The highest BCUT2D eigenvalue weighted by atomic mass is 79.9. The van der Waals surface area contributed by atoms with E-state index in [0.29, 0.717) is 22.2 Å². The summed E-state index contributed by atoms with van der Waals surface area (Å²) in [5, 5.41) is 13.1. The van der Waals surface area contributed by atoms with E-state index in [1.807, 2.05) is 24.3 Å². The quantitative estimate of drug-likeness (QED) is 0.541. The average Bonchev–Trinajstić information content (AvgIpc) is 3.26. The maximum Gasteiger partial charge on any atom is 0.292 e. The number of nitriles is 1. The lowest BCUT2D eigenvalue weighted by Crippen LogP contribution is -2.11. The van der Waals surface area contributed by atoms with E-state index in [1.54, 1.807) is 12.1 Å². The van der Waals surface area contributed by atoms with Gasteiger partial charge in [0.15, 0.2) is 5.76 Å². The van der Waals surface area contributed by atoms with Crippen molar-refractivity contribution in [1.29, 1.82) is 5.26 Å². The number of halogens is 1. The van der Waals surface area contributed by atoms with Crippen molar-refractivity contribution in [2.75, 3.05) is 5.32 Å². The number of rotatable bonds is 3. The molecule has 136 valence electrons. The number of thiophene rings is 1. The van der Waals surface area contributed by atoms with Crippen LogP contribution in [0.25, 0.3) is 11.3 Å². The normalized spacial score (nSPS) is 15.8. The standard InChI is InChI=1S/C21H17BrN2O2S/c1-12-2-7-15-16(11-23)21(27-19(15)10-12)24-20(25)18-9-8-17(26-18)13-3-5-14(22)6-4-13/h3-6,8-9,12H,2,7,10H2,1H3,(H,24,25)/t12-/m0/s1. The van der Waals surface area contributed by atoms with Crippen LogP contribution in [0.1, 0.15) is 39.9 Å². The molecule has 0 radical (unpaired) electrons. The molecule has 1 aliphatic carbocycles. The first kappa shape index (κ1) is 18.0. The summed E-state index contributed by atoms with van der Waals surface area (Å²) in [7, 11) is 0. The lowest BCUT2D eigenvalue weighted by Gasteiger charge is -2.17. The van der Waals surface area contributed by atoms with Crippen LogP contribution in [0, 0.1) is 17.2 Å². The van der Waals surface area contributed by atoms with E-state index in [9.17, 15) is 10.1 Å². The zero-order valence-corrected chi connectivity index (χ0v) is 17.1. The van der Waals surface area contributed by atoms with E-state index < -0.39 is 0 Å². The number of furan rings is 1. The molecule has 0 unspecified atom stereocenters. The van der Waals surface area contributed by atoms with Gasteiger partial charge in [0, 0.05) is 14.9 Å². The summed E-state index contributed by atoms with van der Waals surface area (Å²) in [6, 6.07) is 13.4. The Morgan fingerprint density at radius 3 is 2.81 bits per heavy atom. The second-order valence-electron chi connectivity index (χ2n) is 6.79. The minimum atomic E-state index is -0.332. The summed E-state index contributed by atoms with van der Waals surface area (Å²) < 4.78 is 6.71. The van der Waals surface area contributed by atoms with E-state index in [4.69, 9.17) is 4.42 Å². The Bertz CT molecular complexity index is 1040. The maximum atomic E-state index is 12.6. The average molecular weight is 441 g/mol. The molecule has 0 fully saturated rings. The number of hydrogen-bond donors (Lipinski definition) is 1. The molecule has 0 saturated carbocycles. The van der Waals surface area contributed by atoms with Gasteiger partial charge in [0.2, 0.25) is 0 Å². The minimum Gasteiger partial charge on any atom is -0.451 e. The van der Waals surface area contributed by atoms with Crippen LogP contribution in [0.3, 0.4) is 0 Å². The smallest absolute Gasteiger partial charge is 0.292 e. The zero-order valence-electron chi connectivity index (χ0n) is 14.7. The van der Waals surface area contributed by atoms with Crippen LogP contribution in [0.2, 0.25) is 0 Å². The van der Waals surface area contributed by atoms with Crippen molar-refractivity contribution in [3.63, 3.8) is 0 Å². The van der Waals surface area contributed by atoms with Gasteiger partial charge in [-0.15, -0.1) is 11.3 Å². The molecule has 2 heterocycles. The van der Waals surface area contributed by atoms with Crippen molar-refractivity contribution in [3.8, 4) is 17.4 Å². The third-order valence-electron chi connectivity index (χ3n) is 4.81. The highest BCUT2D eigenvalue weighted by molar-refractivity contribution is 9.10. The fraction of sp³-hybridized carbons (Fsp3) is 0.238. The van der Waals surface area contributed by atoms with Crippen molar-refractivity contribution in [2.45, 2.75) is 26.2 Å². The van der Waals surface area contributed by atoms with Gasteiger partial charge in [0.1, 0.15) is 16.8 Å². The number of amides is 1. The second-order valence-corrected chi connectivity index (χ2v) is 8.81. The summed E-state index contributed by atoms with van der Waals surface area (Å²) in [6.07, 6.45) is 2.96. The molecule has 0 aliphatic heterocycles. The number of carbonyl (C=O) groups is 1. The summed E-state index contributed by atoms with van der Waals surface area (Å²) in [6.45, 7) is 2.22. The van der Waals surface area contributed by atoms with Gasteiger partial charge in [0.05, 0.1) is 5.56 Å². The lowest BCUT2D eigenvalue weighted by molar-refractivity contribution is 0.0998. The number of benzene rings is 1. The van der Waals surface area contributed by atoms with E-state index >= 15 is 0 Å². The summed E-state index contributed by atoms with van der Waals surface area (Å²) in [5.41, 5.74) is 2.61. The highest BCUT2D eigenvalue weighted by Crippen LogP contribution is 2.39. The molecule has 0 spiro atoms. The summed E-state index contributed by atoms with van der Waals surface area (Å²) in [5.74, 6) is 1.15. The van der Waals surface area contributed by atoms with Crippen molar-refractivity contribution in [2.24, 2.45) is 5.92 Å². The van der Waals surface area contributed by atoms with Gasteiger partial charge >= 0.3 is 0 Å². The molecule has 4 rings (SSSR count). The third kappa shape index (κ3) is 3.58. The second kappa shape index (κ2) is 7.34. The Morgan fingerprint density at radius 2 is 2.07 bits per heavy atom. The van der Waals surface area contributed by atoms with E-state index in [-0.39, 0.29) is 11.7 Å². The summed E-state index contributed by atoms with van der Waals surface area (Å²) >= 11 is 4.92. The molecular formula is C21H17BrN2O2S. The molecule has 6 heteroatoms. The molecule has 1 aliphatic rings. The Hall–Kier alpha value is -2.36. The van der Waals surface area contributed by atoms with Gasteiger partial charge in [-0.2, -0.15) is 5.26 Å². The molecule has 2 aromatic heterocycles. The molecule has 1 aromatic carbocycles. The number of anilines is 1. The summed E-state index contributed by atoms with van der Waals surface area (Å²) in [4.78, 5) is 13.9. The van der Waals surface area contributed by atoms with Crippen LogP contribution in [0.4, 0.5) is 5.00 Å². The monoisotopic (exact) mass is 440 g/mol. The van der Waals surface area contributed by atoms with Crippen molar-refractivity contribution < 1.29 is 9.21 Å². The first-order valence-corrected chi connectivity index (χ1v) is 10.4.